The maximum absolute atomic E-state index is 13.2. The minimum Gasteiger partial charge on any atom is -0.495 e. The topological polar surface area (TPSA) is 75.7 Å². The van der Waals surface area contributed by atoms with Crippen molar-refractivity contribution in [3.63, 3.8) is 0 Å². The molecule has 0 aliphatic carbocycles. The number of hydrogen-bond acceptors (Lipinski definition) is 4. The molecule has 0 spiro atoms. The number of carbonyl (C=O) groups is 1. The molecule has 0 bridgehead atoms. The van der Waals surface area contributed by atoms with Crippen molar-refractivity contribution < 1.29 is 31.1 Å². The lowest BCUT2D eigenvalue weighted by atomic mass is 9.98. The zero-order valence-corrected chi connectivity index (χ0v) is 17.9. The zero-order valence-electron chi connectivity index (χ0n) is 17.1. The van der Waals surface area contributed by atoms with Crippen LogP contribution in [0.25, 0.3) is 0 Å². The molecule has 3 rings (SSSR count). The molecule has 2 aromatic rings. The van der Waals surface area contributed by atoms with E-state index in [1.165, 1.54) is 35.7 Å². The van der Waals surface area contributed by atoms with Gasteiger partial charge in [0.05, 0.1) is 24.3 Å². The number of halogens is 3. The predicted molar refractivity (Wildman–Crippen MR) is 109 cm³/mol. The number of hydrogen-bond donors (Lipinski definition) is 1. The van der Waals surface area contributed by atoms with Crippen molar-refractivity contribution in [3.8, 4) is 5.75 Å². The second-order valence-corrected chi connectivity index (χ2v) is 9.30. The van der Waals surface area contributed by atoms with Crippen LogP contribution in [0.5, 0.6) is 5.75 Å². The largest absolute Gasteiger partial charge is 0.495 e. The highest BCUT2D eigenvalue weighted by atomic mass is 32.2. The van der Waals surface area contributed by atoms with Gasteiger partial charge in [0.1, 0.15) is 10.6 Å². The second kappa shape index (κ2) is 8.88. The first-order valence-corrected chi connectivity index (χ1v) is 11.1. The summed E-state index contributed by atoms with van der Waals surface area (Å²) in [5, 5.41) is 2.33. The molecule has 1 heterocycles. The average molecular weight is 456 g/mol. The summed E-state index contributed by atoms with van der Waals surface area (Å²) in [5.74, 6) is -1.23. The molecular formula is C21H23F3N2O4S. The smallest absolute Gasteiger partial charge is 0.418 e. The number of piperidine rings is 1. The monoisotopic (exact) mass is 456 g/mol. The van der Waals surface area contributed by atoms with Crippen LogP contribution in [0.3, 0.4) is 0 Å². The van der Waals surface area contributed by atoms with Gasteiger partial charge in [-0.25, -0.2) is 8.42 Å². The Morgan fingerprint density at radius 1 is 1.19 bits per heavy atom. The normalized spacial score (nSPS) is 17.9. The van der Waals surface area contributed by atoms with Gasteiger partial charge in [-0.15, -0.1) is 0 Å². The number of rotatable bonds is 5. The first-order valence-electron chi connectivity index (χ1n) is 9.66. The summed E-state index contributed by atoms with van der Waals surface area (Å²) in [5.41, 5.74) is -0.567. The molecule has 0 unspecified atom stereocenters. The molecule has 0 saturated carbocycles. The molecule has 6 nitrogen and oxygen atoms in total. The van der Waals surface area contributed by atoms with Crippen LogP contribution in [0.4, 0.5) is 18.9 Å². The second-order valence-electron chi connectivity index (χ2n) is 7.39. The zero-order chi connectivity index (χ0) is 22.8. The molecule has 1 aliphatic heterocycles. The van der Waals surface area contributed by atoms with Crippen molar-refractivity contribution in [1.82, 2.24) is 4.31 Å². The van der Waals surface area contributed by atoms with E-state index in [1.54, 1.807) is 19.1 Å². The van der Waals surface area contributed by atoms with Crippen LogP contribution in [0.2, 0.25) is 0 Å². The predicted octanol–water partition coefficient (Wildman–Crippen LogP) is 4.06. The number of nitrogens with zero attached hydrogens (tertiary/aromatic N) is 1. The van der Waals surface area contributed by atoms with Crippen LogP contribution in [-0.4, -0.2) is 38.8 Å². The van der Waals surface area contributed by atoms with Crippen LogP contribution in [0.1, 0.15) is 24.0 Å². The summed E-state index contributed by atoms with van der Waals surface area (Å²) in [6.45, 7) is 1.84. The van der Waals surface area contributed by atoms with Crippen LogP contribution >= 0.6 is 0 Å². The van der Waals surface area contributed by atoms with Gasteiger partial charge in [-0.05, 0) is 49.6 Å². The highest BCUT2D eigenvalue weighted by Crippen LogP contribution is 2.35. The fraction of sp³-hybridized carbons (Fsp3) is 0.381. The van der Waals surface area contributed by atoms with Crippen molar-refractivity contribution in [3.05, 3.63) is 53.6 Å². The number of methoxy groups -OCH3 is 1. The Balaban J connectivity index is 1.81. The van der Waals surface area contributed by atoms with E-state index >= 15 is 0 Å². The van der Waals surface area contributed by atoms with E-state index in [9.17, 15) is 26.4 Å². The van der Waals surface area contributed by atoms with E-state index < -0.39 is 33.6 Å². The number of sulfonamides is 1. The molecule has 10 heteroatoms. The molecule has 31 heavy (non-hydrogen) atoms. The molecule has 1 aliphatic rings. The van der Waals surface area contributed by atoms with Gasteiger partial charge >= 0.3 is 6.18 Å². The van der Waals surface area contributed by atoms with Crippen LogP contribution < -0.4 is 10.1 Å². The minimum absolute atomic E-state index is 0.00141. The Labute approximate surface area is 179 Å². The Hall–Kier alpha value is -2.59. The molecule has 1 saturated heterocycles. The number of aryl methyl sites for hydroxylation is 1. The third-order valence-electron chi connectivity index (χ3n) is 5.18. The van der Waals surface area contributed by atoms with E-state index in [-0.39, 0.29) is 29.4 Å². The molecule has 1 fully saturated rings. The van der Waals surface area contributed by atoms with Crippen molar-refractivity contribution in [2.45, 2.75) is 30.8 Å². The molecule has 1 atom stereocenters. The SMILES string of the molecule is COc1ccc(C)cc1S(=O)(=O)N1CCC[C@@H](C(=O)Nc2ccccc2C(F)(F)F)C1. The summed E-state index contributed by atoms with van der Waals surface area (Å²) in [4.78, 5) is 12.7. The van der Waals surface area contributed by atoms with Crippen LogP contribution in [0.15, 0.2) is 47.4 Å². The van der Waals surface area contributed by atoms with Crippen molar-refractivity contribution in [2.75, 3.05) is 25.5 Å². The van der Waals surface area contributed by atoms with E-state index in [0.717, 1.165) is 11.6 Å². The summed E-state index contributed by atoms with van der Waals surface area (Å²) in [6, 6.07) is 9.48. The number of amides is 1. The Morgan fingerprint density at radius 2 is 1.90 bits per heavy atom. The summed E-state index contributed by atoms with van der Waals surface area (Å²) in [7, 11) is -2.58. The lowest BCUT2D eigenvalue weighted by molar-refractivity contribution is -0.137. The molecule has 1 N–H and O–H groups in total. The van der Waals surface area contributed by atoms with E-state index in [1.807, 2.05) is 0 Å². The number of ether oxygens (including phenoxy) is 1. The van der Waals surface area contributed by atoms with Gasteiger partial charge in [0.25, 0.3) is 0 Å². The van der Waals surface area contributed by atoms with Crippen molar-refractivity contribution in [1.29, 1.82) is 0 Å². The molecular weight excluding hydrogens is 433 g/mol. The third kappa shape index (κ3) is 5.01. The van der Waals surface area contributed by atoms with Crippen LogP contribution in [0, 0.1) is 12.8 Å². The molecule has 0 aromatic heterocycles. The van der Waals surface area contributed by atoms with Gasteiger partial charge < -0.3 is 10.1 Å². The summed E-state index contributed by atoms with van der Waals surface area (Å²) < 4.78 is 72.4. The summed E-state index contributed by atoms with van der Waals surface area (Å²) >= 11 is 0. The van der Waals surface area contributed by atoms with Gasteiger partial charge in [0.2, 0.25) is 15.9 Å². The van der Waals surface area contributed by atoms with Gasteiger partial charge in [-0.1, -0.05) is 18.2 Å². The maximum Gasteiger partial charge on any atom is 0.418 e. The minimum atomic E-state index is -4.62. The first-order chi connectivity index (χ1) is 14.5. The summed E-state index contributed by atoms with van der Waals surface area (Å²) in [6.07, 6.45) is -3.84. The molecule has 0 radical (unpaired) electrons. The lowest BCUT2D eigenvalue weighted by Crippen LogP contribution is -2.43. The van der Waals surface area contributed by atoms with Crippen molar-refractivity contribution >= 4 is 21.6 Å². The number of alkyl halides is 3. The lowest BCUT2D eigenvalue weighted by Gasteiger charge is -2.31. The van der Waals surface area contributed by atoms with E-state index in [2.05, 4.69) is 5.32 Å². The fourth-order valence-electron chi connectivity index (χ4n) is 3.57. The third-order valence-corrected chi connectivity index (χ3v) is 7.07. The van der Waals surface area contributed by atoms with Gasteiger partial charge in [-0.3, -0.25) is 4.79 Å². The molecule has 1 amide bonds. The Morgan fingerprint density at radius 3 is 2.58 bits per heavy atom. The number of carbonyl (C=O) groups excluding carboxylic acids is 1. The number of benzene rings is 2. The average Bonchev–Trinajstić information content (AvgIpc) is 2.73. The fourth-order valence-corrected chi connectivity index (χ4v) is 5.34. The number of para-hydroxylation sites is 1. The highest BCUT2D eigenvalue weighted by molar-refractivity contribution is 7.89. The first kappa shape index (κ1) is 23.1. The van der Waals surface area contributed by atoms with Gasteiger partial charge in [-0.2, -0.15) is 17.5 Å². The Kier molecular flexibility index (Phi) is 6.61. The van der Waals surface area contributed by atoms with Gasteiger partial charge in [0, 0.05) is 13.1 Å². The quantitative estimate of drug-likeness (QED) is 0.736. The standard InChI is InChI=1S/C21H23F3N2O4S/c1-14-9-10-18(30-2)19(12-14)31(28,29)26-11-5-6-15(13-26)20(27)25-17-8-4-3-7-16(17)21(22,23)24/h3-4,7-10,12,15H,5-6,11,13H2,1-2H3,(H,25,27)/t15-/m1/s1. The molecule has 168 valence electrons. The molecule has 2 aromatic carbocycles. The van der Waals surface area contributed by atoms with Crippen molar-refractivity contribution in [2.24, 2.45) is 5.92 Å². The van der Waals surface area contributed by atoms with Gasteiger partial charge in [0.15, 0.2) is 0 Å². The number of anilines is 1. The Bertz CT molecular complexity index is 1070. The van der Waals surface area contributed by atoms with E-state index in [0.29, 0.717) is 12.8 Å². The maximum atomic E-state index is 13.2. The number of nitrogens with one attached hydrogen (secondary N) is 1. The van der Waals surface area contributed by atoms with Crippen LogP contribution in [-0.2, 0) is 21.0 Å². The highest BCUT2D eigenvalue weighted by Gasteiger charge is 2.37. The van der Waals surface area contributed by atoms with E-state index in [4.69, 9.17) is 4.74 Å².